The van der Waals surface area contributed by atoms with Crippen molar-refractivity contribution in [3.63, 3.8) is 0 Å². The third-order valence-electron chi connectivity index (χ3n) is 1.64. The minimum atomic E-state index is -2.33. The number of carbonyl (C=O) groups excluding carboxylic acids is 1. The molecule has 0 N–H and O–H groups in total. The molecule has 3 nitrogen and oxygen atoms in total. The topological polar surface area (TPSA) is 57.2 Å². The van der Waals surface area contributed by atoms with Crippen molar-refractivity contribution in [3.05, 3.63) is 28.8 Å². The van der Waals surface area contributed by atoms with E-state index in [0.717, 1.165) is 0 Å². The van der Waals surface area contributed by atoms with Crippen molar-refractivity contribution in [1.82, 2.24) is 0 Å². The van der Waals surface area contributed by atoms with E-state index in [0.29, 0.717) is 10.6 Å². The molecule has 14 heavy (non-hydrogen) atoms. The van der Waals surface area contributed by atoms with Crippen LogP contribution < -0.4 is 0 Å². The van der Waals surface area contributed by atoms with Crippen molar-refractivity contribution in [2.75, 3.05) is 0 Å². The number of benzene rings is 1. The summed E-state index contributed by atoms with van der Waals surface area (Å²) in [7, 11) is 0. The van der Waals surface area contributed by atoms with Crippen LogP contribution in [0.1, 0.15) is 12.5 Å². The second-order valence-corrected chi connectivity index (χ2v) is 4.21. The fourth-order valence-corrected chi connectivity index (χ4v) is 1.84. The Morgan fingerprint density at radius 2 is 2.21 bits per heavy atom. The summed E-state index contributed by atoms with van der Waals surface area (Å²) in [5.74, 6) is -0.0982. The Bertz CT molecular complexity index is 390. The van der Waals surface area contributed by atoms with Gasteiger partial charge in [-0.3, -0.25) is 9.00 Å². The molecule has 0 saturated heterocycles. The lowest BCUT2D eigenvalue weighted by Crippen LogP contribution is -2.02. The fraction of sp³-hybridized carbons (Fsp3) is 0.222. The van der Waals surface area contributed by atoms with Crippen LogP contribution in [0.2, 0.25) is 5.02 Å². The molecule has 0 heterocycles. The minimum absolute atomic E-state index is 0.0872. The van der Waals surface area contributed by atoms with Crippen molar-refractivity contribution in [3.8, 4) is 0 Å². The van der Waals surface area contributed by atoms with Gasteiger partial charge >= 0.3 is 0 Å². The van der Waals surface area contributed by atoms with E-state index in [1.54, 1.807) is 0 Å². The molecule has 0 radical (unpaired) electrons. The summed E-state index contributed by atoms with van der Waals surface area (Å²) in [6.45, 7) is 1.40. The molecule has 0 bridgehead atoms. The third-order valence-corrected chi connectivity index (χ3v) is 2.63. The molecule has 1 rings (SSSR count). The Kier molecular flexibility index (Phi) is 3.80. The van der Waals surface area contributed by atoms with Crippen LogP contribution in [-0.2, 0) is 22.3 Å². The van der Waals surface area contributed by atoms with Gasteiger partial charge < -0.3 is 4.55 Å². The molecule has 1 aromatic carbocycles. The summed E-state index contributed by atoms with van der Waals surface area (Å²) >= 11 is 3.37. The normalized spacial score (nSPS) is 12.5. The van der Waals surface area contributed by atoms with Crippen molar-refractivity contribution >= 4 is 28.5 Å². The highest BCUT2D eigenvalue weighted by atomic mass is 35.5. The summed E-state index contributed by atoms with van der Waals surface area (Å²) in [5, 5.41) is 0.426. The molecule has 1 unspecified atom stereocenters. The van der Waals surface area contributed by atoms with E-state index in [-0.39, 0.29) is 17.1 Å². The first-order valence-corrected chi connectivity index (χ1v) is 5.33. The summed E-state index contributed by atoms with van der Waals surface area (Å²) in [4.78, 5) is 11.0. The number of Topliss-reactive ketones (excluding diaryl/α,β-unsaturated/α-hetero) is 1. The van der Waals surface area contributed by atoms with Crippen LogP contribution >= 0.6 is 11.6 Å². The van der Waals surface area contributed by atoms with Gasteiger partial charge in [0.25, 0.3) is 0 Å². The second-order valence-electron chi connectivity index (χ2n) is 2.87. The second kappa shape index (κ2) is 4.68. The summed E-state index contributed by atoms with van der Waals surface area (Å²) in [5.41, 5.74) is 0.443. The largest absolute Gasteiger partial charge is 0.768 e. The summed E-state index contributed by atoms with van der Waals surface area (Å²) < 4.78 is 21.5. The van der Waals surface area contributed by atoms with Crippen LogP contribution in [0.4, 0.5) is 0 Å². The number of carbonyl (C=O) groups is 1. The average Bonchev–Trinajstić information content (AvgIpc) is 2.01. The van der Waals surface area contributed by atoms with E-state index >= 15 is 0 Å². The van der Waals surface area contributed by atoms with Crippen LogP contribution in [0.25, 0.3) is 0 Å². The molecule has 0 aliphatic carbocycles. The van der Waals surface area contributed by atoms with E-state index in [1.165, 1.54) is 25.1 Å². The van der Waals surface area contributed by atoms with Gasteiger partial charge in [-0.25, -0.2) is 0 Å². The lowest BCUT2D eigenvalue weighted by molar-refractivity contribution is -0.116. The van der Waals surface area contributed by atoms with Crippen molar-refractivity contribution in [2.24, 2.45) is 0 Å². The van der Waals surface area contributed by atoms with E-state index < -0.39 is 11.1 Å². The fourth-order valence-electron chi connectivity index (χ4n) is 1.12. The van der Waals surface area contributed by atoms with Gasteiger partial charge in [-0.1, -0.05) is 11.6 Å². The lowest BCUT2D eigenvalue weighted by atomic mass is 10.1. The van der Waals surface area contributed by atoms with Gasteiger partial charge in [0.05, 0.1) is 0 Å². The highest BCUT2D eigenvalue weighted by molar-refractivity contribution is 7.79. The van der Waals surface area contributed by atoms with Gasteiger partial charge in [-0.15, -0.1) is 0 Å². The van der Waals surface area contributed by atoms with Crippen molar-refractivity contribution in [1.29, 1.82) is 0 Å². The first-order chi connectivity index (χ1) is 6.50. The maximum Gasteiger partial charge on any atom is 0.134 e. The maximum atomic E-state index is 10.9. The number of halogens is 1. The lowest BCUT2D eigenvalue weighted by Gasteiger charge is -2.10. The van der Waals surface area contributed by atoms with Crippen LogP contribution in [0.3, 0.4) is 0 Å². The Labute approximate surface area is 89.4 Å². The Morgan fingerprint density at radius 1 is 1.57 bits per heavy atom. The van der Waals surface area contributed by atoms with Crippen molar-refractivity contribution in [2.45, 2.75) is 18.2 Å². The predicted octanol–water partition coefficient (Wildman–Crippen LogP) is 1.71. The zero-order chi connectivity index (χ0) is 10.7. The SMILES string of the molecule is CC(=O)Cc1cc(Cl)ccc1S(=O)[O-]. The van der Waals surface area contributed by atoms with E-state index in [1.807, 2.05) is 0 Å². The number of hydrogen-bond acceptors (Lipinski definition) is 3. The predicted molar refractivity (Wildman–Crippen MR) is 53.0 cm³/mol. The highest BCUT2D eigenvalue weighted by Crippen LogP contribution is 2.19. The minimum Gasteiger partial charge on any atom is -0.768 e. The first-order valence-electron chi connectivity index (χ1n) is 3.88. The van der Waals surface area contributed by atoms with Crippen LogP contribution in [0.5, 0.6) is 0 Å². The number of rotatable bonds is 3. The molecule has 0 amide bonds. The van der Waals surface area contributed by atoms with Crippen LogP contribution in [0.15, 0.2) is 23.1 Å². The Balaban J connectivity index is 3.15. The Morgan fingerprint density at radius 3 is 2.71 bits per heavy atom. The highest BCUT2D eigenvalue weighted by Gasteiger charge is 2.06. The van der Waals surface area contributed by atoms with Gasteiger partial charge in [0.1, 0.15) is 5.78 Å². The van der Waals surface area contributed by atoms with Gasteiger partial charge in [0, 0.05) is 16.3 Å². The molecular formula is C9H8ClO3S-. The van der Waals surface area contributed by atoms with Crippen LogP contribution in [0, 0.1) is 0 Å². The molecule has 76 valence electrons. The van der Waals surface area contributed by atoms with Gasteiger partial charge in [0.15, 0.2) is 0 Å². The van der Waals surface area contributed by atoms with Crippen molar-refractivity contribution < 1.29 is 13.6 Å². The van der Waals surface area contributed by atoms with E-state index in [9.17, 15) is 13.6 Å². The van der Waals surface area contributed by atoms with E-state index in [4.69, 9.17) is 11.6 Å². The zero-order valence-electron chi connectivity index (χ0n) is 7.45. The summed E-state index contributed by atoms with van der Waals surface area (Å²) in [6, 6.07) is 4.37. The third kappa shape index (κ3) is 2.90. The van der Waals surface area contributed by atoms with Gasteiger partial charge in [-0.2, -0.15) is 0 Å². The first kappa shape index (κ1) is 11.4. The molecular weight excluding hydrogens is 224 g/mol. The van der Waals surface area contributed by atoms with Crippen LogP contribution in [-0.4, -0.2) is 14.5 Å². The molecule has 5 heteroatoms. The van der Waals surface area contributed by atoms with E-state index in [2.05, 4.69) is 0 Å². The standard InChI is InChI=1S/C9H9ClO3S/c1-6(11)4-7-5-8(10)2-3-9(7)14(12)13/h2-3,5H,4H2,1H3,(H,12,13)/p-1. The maximum absolute atomic E-state index is 10.9. The molecule has 0 aliphatic rings. The number of hydrogen-bond donors (Lipinski definition) is 0. The molecule has 0 saturated carbocycles. The molecule has 0 aromatic heterocycles. The number of ketones is 1. The molecule has 1 aromatic rings. The van der Waals surface area contributed by atoms with Gasteiger partial charge in [0.2, 0.25) is 0 Å². The Hall–Kier alpha value is -0.710. The molecule has 0 fully saturated rings. The zero-order valence-corrected chi connectivity index (χ0v) is 9.02. The van der Waals surface area contributed by atoms with Gasteiger partial charge in [-0.05, 0) is 41.8 Å². The molecule has 0 spiro atoms. The smallest absolute Gasteiger partial charge is 0.134 e. The quantitative estimate of drug-likeness (QED) is 0.745. The summed E-state index contributed by atoms with van der Waals surface area (Å²) in [6.07, 6.45) is 0.0872. The monoisotopic (exact) mass is 231 g/mol. The molecule has 1 atom stereocenters. The molecule has 0 aliphatic heterocycles. The average molecular weight is 232 g/mol.